The maximum absolute atomic E-state index is 13.1. The van der Waals surface area contributed by atoms with Gasteiger partial charge in [-0.25, -0.2) is 0 Å². The highest BCUT2D eigenvalue weighted by Gasteiger charge is 2.54. The zero-order chi connectivity index (χ0) is 27.0. The lowest BCUT2D eigenvalue weighted by atomic mass is 9.62. The maximum Gasteiger partial charge on any atom is 0.150 e. The Morgan fingerprint density at radius 3 is 2.35 bits per heavy atom. The quantitative estimate of drug-likeness (QED) is 0.265. The van der Waals surface area contributed by atoms with E-state index in [2.05, 4.69) is 52.5 Å². The number of hydrogen-bond donors (Lipinski definition) is 2. The number of rotatable bonds is 9. The van der Waals surface area contributed by atoms with Crippen molar-refractivity contribution in [2.24, 2.45) is 28.6 Å². The smallest absolute Gasteiger partial charge is 0.150 e. The van der Waals surface area contributed by atoms with Gasteiger partial charge in [0.2, 0.25) is 0 Å². The van der Waals surface area contributed by atoms with Crippen molar-refractivity contribution >= 4 is 11.6 Å². The fraction of sp³-hybridized carbons (Fsp3) is 0.697. The predicted octanol–water partition coefficient (Wildman–Crippen LogP) is 6.82. The van der Waals surface area contributed by atoms with Gasteiger partial charge in [-0.1, -0.05) is 62.3 Å². The van der Waals surface area contributed by atoms with Crippen LogP contribution in [0.5, 0.6) is 0 Å². The van der Waals surface area contributed by atoms with Gasteiger partial charge in [0.1, 0.15) is 11.6 Å². The second-order valence-electron chi connectivity index (χ2n) is 13.1. The molecule has 4 heteroatoms. The molecule has 0 saturated heterocycles. The average molecular weight is 509 g/mol. The molecule has 37 heavy (non-hydrogen) atoms. The van der Waals surface area contributed by atoms with Crippen molar-refractivity contribution in [2.45, 2.75) is 117 Å². The number of Topliss-reactive ketones (excluding diaryl/α,β-unsaturated/α-hetero) is 2. The van der Waals surface area contributed by atoms with Crippen LogP contribution in [0.4, 0.5) is 0 Å². The fourth-order valence-electron chi connectivity index (χ4n) is 7.50. The molecule has 0 aromatic rings. The average Bonchev–Trinajstić information content (AvgIpc) is 3.59. The third kappa shape index (κ3) is 5.81. The molecular formula is C33H48O4. The molecule has 0 amide bonds. The minimum atomic E-state index is -0.672. The second-order valence-corrected chi connectivity index (χ2v) is 13.1. The van der Waals surface area contributed by atoms with Crippen LogP contribution >= 0.6 is 0 Å². The Morgan fingerprint density at radius 1 is 1.05 bits per heavy atom. The molecule has 0 unspecified atom stereocenters. The number of fused-ring (bicyclic) bond motifs is 1. The number of hydrogen-bond acceptors (Lipinski definition) is 4. The van der Waals surface area contributed by atoms with E-state index in [-0.39, 0.29) is 17.0 Å². The van der Waals surface area contributed by atoms with Crippen LogP contribution in [0.3, 0.4) is 0 Å². The summed E-state index contributed by atoms with van der Waals surface area (Å²) < 4.78 is 0. The van der Waals surface area contributed by atoms with Crippen molar-refractivity contribution in [3.8, 4) is 0 Å². The normalized spacial score (nSPS) is 34.6. The van der Waals surface area contributed by atoms with Crippen LogP contribution in [0.2, 0.25) is 0 Å². The zero-order valence-corrected chi connectivity index (χ0v) is 23.5. The third-order valence-electron chi connectivity index (χ3n) is 10.2. The minimum absolute atomic E-state index is 0.135. The van der Waals surface area contributed by atoms with Crippen LogP contribution < -0.4 is 0 Å². The summed E-state index contributed by atoms with van der Waals surface area (Å²) >= 11 is 0. The van der Waals surface area contributed by atoms with Crippen molar-refractivity contribution in [2.75, 3.05) is 0 Å². The summed E-state index contributed by atoms with van der Waals surface area (Å²) in [6, 6.07) is 0. The molecule has 0 aliphatic heterocycles. The van der Waals surface area contributed by atoms with Crippen LogP contribution in [0.15, 0.2) is 47.1 Å². The van der Waals surface area contributed by atoms with Gasteiger partial charge in [0.15, 0.2) is 0 Å². The van der Waals surface area contributed by atoms with E-state index in [1.807, 2.05) is 0 Å². The molecule has 5 atom stereocenters. The van der Waals surface area contributed by atoms with Crippen molar-refractivity contribution in [3.05, 3.63) is 47.1 Å². The Labute approximate surface area is 224 Å². The summed E-state index contributed by atoms with van der Waals surface area (Å²) in [7, 11) is 0. The first-order valence-corrected chi connectivity index (χ1v) is 14.6. The molecule has 204 valence electrons. The molecule has 4 saturated carbocycles. The van der Waals surface area contributed by atoms with Crippen molar-refractivity contribution in [1.29, 1.82) is 0 Å². The summed E-state index contributed by atoms with van der Waals surface area (Å²) in [5.74, 6) is 1.79. The van der Waals surface area contributed by atoms with E-state index in [1.54, 1.807) is 0 Å². The molecule has 4 aliphatic carbocycles. The Bertz CT molecular complexity index is 991. The summed E-state index contributed by atoms with van der Waals surface area (Å²) in [6.45, 7) is 12.7. The van der Waals surface area contributed by atoms with E-state index in [0.717, 1.165) is 44.1 Å². The van der Waals surface area contributed by atoms with Gasteiger partial charge in [-0.3, -0.25) is 9.59 Å². The topological polar surface area (TPSA) is 74.6 Å². The Kier molecular flexibility index (Phi) is 8.50. The SMILES string of the molecule is C=C1[C@H](O)CC(=CC=C2CCC[C@]3(C)[C@@H](/C(C)=C\CC(=O)C4(C(=O)CCC(C)C)CC4)CC[C@@H]23)C[C@H]1O. The number of allylic oxidation sites excluding steroid dienone is 5. The van der Waals surface area contributed by atoms with E-state index in [0.29, 0.717) is 49.0 Å². The minimum Gasteiger partial charge on any atom is -0.388 e. The number of ketones is 2. The van der Waals surface area contributed by atoms with E-state index in [1.165, 1.54) is 24.0 Å². The molecule has 0 aromatic heterocycles. The predicted molar refractivity (Wildman–Crippen MR) is 149 cm³/mol. The van der Waals surface area contributed by atoms with Gasteiger partial charge < -0.3 is 10.2 Å². The molecule has 0 radical (unpaired) electrons. The standard InChI is InChI=1S/C33H48O4/c1-21(2)8-14-30(36)33(17-18-33)31(37)15-9-22(3)26-12-13-27-25(7-6-16-32(26,27)5)11-10-24-19-28(34)23(4)29(35)20-24/h9-11,21,26-29,34-35H,4,6-8,12-20H2,1-3,5H3/b22-9-,25-11?/t26-,27+,28-,29-,32-/m1/s1. The van der Waals surface area contributed by atoms with Gasteiger partial charge in [0, 0.05) is 12.8 Å². The second kappa shape index (κ2) is 11.1. The summed E-state index contributed by atoms with van der Waals surface area (Å²) in [4.78, 5) is 25.9. The van der Waals surface area contributed by atoms with Crippen LogP contribution in [-0.4, -0.2) is 34.0 Å². The fourth-order valence-corrected chi connectivity index (χ4v) is 7.50. The Hall–Kier alpha value is -1.78. The number of carbonyl (C=O) groups excluding carboxylic acids is 2. The molecule has 0 aromatic carbocycles. The molecule has 2 N–H and O–H groups in total. The monoisotopic (exact) mass is 508 g/mol. The molecule has 4 aliphatic rings. The van der Waals surface area contributed by atoms with E-state index < -0.39 is 17.6 Å². The van der Waals surface area contributed by atoms with Crippen LogP contribution in [0.25, 0.3) is 0 Å². The highest BCUT2D eigenvalue weighted by Crippen LogP contribution is 2.59. The van der Waals surface area contributed by atoms with E-state index in [9.17, 15) is 19.8 Å². The van der Waals surface area contributed by atoms with E-state index >= 15 is 0 Å². The lowest BCUT2D eigenvalue weighted by Crippen LogP contribution is -2.33. The van der Waals surface area contributed by atoms with E-state index in [4.69, 9.17) is 0 Å². The first kappa shape index (κ1) is 28.2. The summed E-state index contributed by atoms with van der Waals surface area (Å²) in [5, 5.41) is 20.4. The first-order valence-electron chi connectivity index (χ1n) is 14.6. The van der Waals surface area contributed by atoms with Crippen LogP contribution in [0, 0.1) is 28.6 Å². The van der Waals surface area contributed by atoms with Crippen LogP contribution in [-0.2, 0) is 9.59 Å². The van der Waals surface area contributed by atoms with Gasteiger partial charge in [-0.2, -0.15) is 0 Å². The lowest BCUT2D eigenvalue weighted by Gasteiger charge is -2.43. The molecule has 4 nitrogen and oxygen atoms in total. The maximum atomic E-state index is 13.1. The number of aliphatic hydroxyl groups is 2. The van der Waals surface area contributed by atoms with Gasteiger partial charge in [-0.05, 0) is 99.9 Å². The molecule has 4 fully saturated rings. The third-order valence-corrected chi connectivity index (χ3v) is 10.2. The Balaban J connectivity index is 1.42. The zero-order valence-electron chi connectivity index (χ0n) is 23.5. The van der Waals surface area contributed by atoms with Crippen molar-refractivity contribution < 1.29 is 19.8 Å². The highest BCUT2D eigenvalue weighted by molar-refractivity contribution is 6.10. The van der Waals surface area contributed by atoms with Gasteiger partial charge >= 0.3 is 0 Å². The lowest BCUT2D eigenvalue weighted by molar-refractivity contribution is -0.134. The summed E-state index contributed by atoms with van der Waals surface area (Å²) in [5.41, 5.74) is 3.95. The van der Waals surface area contributed by atoms with Gasteiger partial charge in [0.05, 0.1) is 17.6 Å². The number of carbonyl (C=O) groups is 2. The molecule has 4 rings (SSSR count). The molecule has 0 spiro atoms. The molecule has 0 heterocycles. The van der Waals surface area contributed by atoms with Crippen molar-refractivity contribution in [1.82, 2.24) is 0 Å². The highest BCUT2D eigenvalue weighted by atomic mass is 16.3. The first-order chi connectivity index (χ1) is 17.5. The summed E-state index contributed by atoms with van der Waals surface area (Å²) in [6.07, 6.45) is 15.4. The number of aliphatic hydroxyl groups excluding tert-OH is 2. The van der Waals surface area contributed by atoms with Gasteiger partial charge in [-0.15, -0.1) is 0 Å². The van der Waals surface area contributed by atoms with Gasteiger partial charge in [0.25, 0.3) is 0 Å². The molecule has 0 bridgehead atoms. The molecular weight excluding hydrogens is 460 g/mol. The van der Waals surface area contributed by atoms with Crippen molar-refractivity contribution in [3.63, 3.8) is 0 Å². The van der Waals surface area contributed by atoms with Crippen LogP contribution in [0.1, 0.15) is 105 Å². The largest absolute Gasteiger partial charge is 0.388 e. The Morgan fingerprint density at radius 2 is 1.73 bits per heavy atom.